The Bertz CT molecular complexity index is 507. The molecule has 0 N–H and O–H groups in total. The molecule has 0 amide bonds. The zero-order chi connectivity index (χ0) is 11.0. The number of hydrogen-bond acceptors (Lipinski definition) is 1. The topological polar surface area (TPSA) is 0 Å². The van der Waals surface area contributed by atoms with Crippen molar-refractivity contribution in [3.05, 3.63) is 34.2 Å². The minimum absolute atomic E-state index is 1.31. The van der Waals surface area contributed by atoms with Crippen molar-refractivity contribution in [1.82, 2.24) is 0 Å². The van der Waals surface area contributed by atoms with Gasteiger partial charge in [-0.25, -0.2) is 0 Å². The van der Waals surface area contributed by atoms with Gasteiger partial charge in [0.05, 0.1) is 0 Å². The highest BCUT2D eigenvalue weighted by molar-refractivity contribution is 7.19. The lowest BCUT2D eigenvalue weighted by Gasteiger charge is -2.10. The fourth-order valence-corrected chi connectivity index (χ4v) is 4.23. The van der Waals surface area contributed by atoms with Crippen LogP contribution in [0.25, 0.3) is 10.1 Å². The van der Waals surface area contributed by atoms with Crippen molar-refractivity contribution in [3.8, 4) is 0 Å². The van der Waals surface area contributed by atoms with Crippen LogP contribution in [0.1, 0.15) is 41.7 Å². The maximum atomic E-state index is 2.29. The normalized spacial score (nSPS) is 16.8. The molecule has 1 aromatic carbocycles. The molecular weight excluding hydrogens is 212 g/mol. The van der Waals surface area contributed by atoms with Crippen LogP contribution in [-0.4, -0.2) is 0 Å². The molecule has 0 spiro atoms. The minimum atomic E-state index is 1.31. The number of hydrogen-bond donors (Lipinski definition) is 0. The van der Waals surface area contributed by atoms with Crippen LogP contribution in [0.4, 0.5) is 0 Å². The van der Waals surface area contributed by atoms with Gasteiger partial charge in [-0.15, -0.1) is 11.3 Å². The molecule has 0 bridgehead atoms. The largest absolute Gasteiger partial charge is 0.140 e. The van der Waals surface area contributed by atoms with E-state index in [0.29, 0.717) is 0 Å². The third-order valence-corrected chi connectivity index (χ3v) is 4.94. The van der Waals surface area contributed by atoms with Crippen LogP contribution < -0.4 is 0 Å². The Morgan fingerprint density at radius 3 is 2.69 bits per heavy atom. The second kappa shape index (κ2) is 4.21. The second-order valence-corrected chi connectivity index (χ2v) is 6.00. The van der Waals surface area contributed by atoms with E-state index in [1.165, 1.54) is 48.8 Å². The molecule has 1 aromatic heterocycles. The Labute approximate surface area is 101 Å². The molecule has 1 heteroatoms. The molecule has 3 rings (SSSR count). The van der Waals surface area contributed by atoms with Crippen molar-refractivity contribution in [1.29, 1.82) is 0 Å². The van der Waals surface area contributed by atoms with Gasteiger partial charge in [0.2, 0.25) is 0 Å². The van der Waals surface area contributed by atoms with E-state index >= 15 is 0 Å². The molecule has 0 aliphatic heterocycles. The maximum absolute atomic E-state index is 2.29. The fourth-order valence-electron chi connectivity index (χ4n) is 2.85. The van der Waals surface area contributed by atoms with Gasteiger partial charge in [0.1, 0.15) is 0 Å². The van der Waals surface area contributed by atoms with Crippen LogP contribution in [0.2, 0.25) is 0 Å². The predicted molar refractivity (Wildman–Crippen MR) is 72.4 cm³/mol. The van der Waals surface area contributed by atoms with Crippen molar-refractivity contribution in [2.24, 2.45) is 0 Å². The summed E-state index contributed by atoms with van der Waals surface area (Å²) in [7, 11) is 0. The van der Waals surface area contributed by atoms with Gasteiger partial charge >= 0.3 is 0 Å². The summed E-state index contributed by atoms with van der Waals surface area (Å²) >= 11 is 2.04. The molecule has 0 radical (unpaired) electrons. The smallest absolute Gasteiger partial charge is 0.0351 e. The van der Waals surface area contributed by atoms with Crippen LogP contribution in [0.15, 0.2) is 18.2 Å². The first-order chi connectivity index (χ1) is 7.86. The number of benzene rings is 1. The molecule has 0 atom stereocenters. The summed E-state index contributed by atoms with van der Waals surface area (Å²) in [5, 5.41) is 1.57. The molecule has 0 saturated carbocycles. The quantitative estimate of drug-likeness (QED) is 0.606. The van der Waals surface area contributed by atoms with Gasteiger partial charge in [-0.1, -0.05) is 25.0 Å². The van der Waals surface area contributed by atoms with E-state index in [4.69, 9.17) is 0 Å². The van der Waals surface area contributed by atoms with E-state index in [9.17, 15) is 0 Å². The first-order valence-electron chi connectivity index (χ1n) is 6.36. The second-order valence-electron chi connectivity index (χ2n) is 4.87. The van der Waals surface area contributed by atoms with E-state index in [-0.39, 0.29) is 0 Å². The first kappa shape index (κ1) is 10.3. The van der Waals surface area contributed by atoms with Crippen molar-refractivity contribution >= 4 is 21.4 Å². The van der Waals surface area contributed by atoms with Crippen LogP contribution in [-0.2, 0) is 12.8 Å². The Balaban J connectivity index is 2.21. The van der Waals surface area contributed by atoms with Gasteiger partial charge < -0.3 is 0 Å². The lowest BCUT2D eigenvalue weighted by molar-refractivity contribution is 0.624. The summed E-state index contributed by atoms with van der Waals surface area (Å²) in [6.45, 7) is 2.26. The number of fused-ring (bicyclic) bond motifs is 3. The molecule has 0 nitrogen and oxygen atoms in total. The number of thiophene rings is 1. The molecule has 0 fully saturated rings. The average molecular weight is 230 g/mol. The van der Waals surface area contributed by atoms with E-state index in [1.54, 1.807) is 15.8 Å². The molecule has 0 saturated heterocycles. The summed E-state index contributed by atoms with van der Waals surface area (Å²) < 4.78 is 1.51. The summed E-state index contributed by atoms with van der Waals surface area (Å²) in [4.78, 5) is 1.67. The van der Waals surface area contributed by atoms with Crippen LogP contribution in [0, 0.1) is 6.92 Å². The zero-order valence-electron chi connectivity index (χ0n) is 9.88. The zero-order valence-corrected chi connectivity index (χ0v) is 10.7. The monoisotopic (exact) mass is 230 g/mol. The Kier molecular flexibility index (Phi) is 2.72. The van der Waals surface area contributed by atoms with E-state index in [1.807, 2.05) is 11.3 Å². The van der Waals surface area contributed by atoms with Crippen LogP contribution in [0.5, 0.6) is 0 Å². The van der Waals surface area contributed by atoms with Gasteiger partial charge in [0, 0.05) is 9.58 Å². The summed E-state index contributed by atoms with van der Waals surface area (Å²) in [5.74, 6) is 0. The van der Waals surface area contributed by atoms with Gasteiger partial charge in [-0.3, -0.25) is 0 Å². The lowest BCUT2D eigenvalue weighted by Crippen LogP contribution is -1.96. The number of aryl methyl sites for hydroxylation is 3. The highest BCUT2D eigenvalue weighted by Gasteiger charge is 2.14. The highest BCUT2D eigenvalue weighted by atomic mass is 32.1. The van der Waals surface area contributed by atoms with Gasteiger partial charge in [0.25, 0.3) is 0 Å². The summed E-state index contributed by atoms with van der Waals surface area (Å²) in [5.41, 5.74) is 3.15. The molecule has 1 aliphatic rings. The Morgan fingerprint density at radius 2 is 1.81 bits per heavy atom. The summed E-state index contributed by atoms with van der Waals surface area (Å²) in [6, 6.07) is 6.74. The molecule has 0 unspecified atom stereocenters. The molecular formula is C15H18S. The molecule has 16 heavy (non-hydrogen) atoms. The predicted octanol–water partition coefficient (Wildman–Crippen LogP) is 4.87. The SMILES string of the molecule is Cc1cccc2sc3c(c12)CCCCCC3. The van der Waals surface area contributed by atoms with E-state index < -0.39 is 0 Å². The van der Waals surface area contributed by atoms with Gasteiger partial charge in [-0.05, 0) is 55.2 Å². The molecule has 84 valence electrons. The fraction of sp³-hybridized carbons (Fsp3) is 0.467. The van der Waals surface area contributed by atoms with Gasteiger partial charge in [-0.2, -0.15) is 0 Å². The molecule has 1 heterocycles. The van der Waals surface area contributed by atoms with Crippen molar-refractivity contribution in [2.45, 2.75) is 45.4 Å². The van der Waals surface area contributed by atoms with Crippen molar-refractivity contribution < 1.29 is 0 Å². The lowest BCUT2D eigenvalue weighted by atomic mass is 9.95. The first-order valence-corrected chi connectivity index (χ1v) is 7.18. The third kappa shape index (κ3) is 1.67. The third-order valence-electron chi connectivity index (χ3n) is 3.69. The Morgan fingerprint density at radius 1 is 1.00 bits per heavy atom. The van der Waals surface area contributed by atoms with E-state index in [2.05, 4.69) is 25.1 Å². The number of rotatable bonds is 0. The standard InChI is InChI=1S/C15H18S/c1-11-7-6-10-14-15(11)12-8-4-2-3-5-9-13(12)16-14/h6-7,10H,2-5,8-9H2,1H3. The van der Waals surface area contributed by atoms with Crippen molar-refractivity contribution in [3.63, 3.8) is 0 Å². The molecule has 1 aliphatic carbocycles. The summed E-state index contributed by atoms with van der Waals surface area (Å²) in [6.07, 6.45) is 8.23. The van der Waals surface area contributed by atoms with Gasteiger partial charge in [0.15, 0.2) is 0 Å². The maximum Gasteiger partial charge on any atom is 0.0351 e. The average Bonchev–Trinajstić information content (AvgIpc) is 2.57. The van der Waals surface area contributed by atoms with Crippen LogP contribution >= 0.6 is 11.3 Å². The Hall–Kier alpha value is -0.820. The van der Waals surface area contributed by atoms with Crippen molar-refractivity contribution in [2.75, 3.05) is 0 Å². The van der Waals surface area contributed by atoms with Crippen LogP contribution in [0.3, 0.4) is 0 Å². The molecule has 2 aromatic rings. The highest BCUT2D eigenvalue weighted by Crippen LogP contribution is 2.36. The van der Waals surface area contributed by atoms with E-state index in [0.717, 1.165) is 0 Å². The minimum Gasteiger partial charge on any atom is -0.140 e.